The Hall–Kier alpha value is -2.90. The SMILES string of the molecule is O=C(CSc1nc2c(c(=O)n1Cc1ccco1)C1(CCCCC1)Cc1ccccc1-2)c1ccc(Br)cc1. The van der Waals surface area contributed by atoms with Crippen molar-refractivity contribution >= 4 is 33.5 Å². The molecule has 5 nitrogen and oxygen atoms in total. The zero-order valence-electron chi connectivity index (χ0n) is 20.4. The normalized spacial score (nSPS) is 15.8. The lowest BCUT2D eigenvalue weighted by Crippen LogP contribution is -2.43. The topological polar surface area (TPSA) is 65.1 Å². The fraction of sp³-hybridized carbons (Fsp3) is 0.300. The van der Waals surface area contributed by atoms with Gasteiger partial charge in [0, 0.05) is 21.0 Å². The van der Waals surface area contributed by atoms with Crippen molar-refractivity contribution in [2.75, 3.05) is 5.75 Å². The van der Waals surface area contributed by atoms with E-state index in [1.165, 1.54) is 23.7 Å². The molecule has 0 N–H and O–H groups in total. The molecule has 0 radical (unpaired) electrons. The Kier molecular flexibility index (Phi) is 6.67. The highest BCUT2D eigenvalue weighted by Crippen LogP contribution is 2.48. The van der Waals surface area contributed by atoms with Gasteiger partial charge in [0.1, 0.15) is 5.76 Å². The number of furan rings is 1. The minimum Gasteiger partial charge on any atom is -0.467 e. The quantitative estimate of drug-likeness (QED) is 0.140. The maximum Gasteiger partial charge on any atom is 0.258 e. The van der Waals surface area contributed by atoms with Crippen LogP contribution in [0.1, 0.15) is 59.3 Å². The summed E-state index contributed by atoms with van der Waals surface area (Å²) in [4.78, 5) is 32.5. The summed E-state index contributed by atoms with van der Waals surface area (Å²) in [5.74, 6) is 0.884. The van der Waals surface area contributed by atoms with E-state index in [9.17, 15) is 9.59 Å². The Bertz CT molecular complexity index is 1500. The van der Waals surface area contributed by atoms with Crippen LogP contribution in [0.15, 0.2) is 85.8 Å². The molecular formula is C30H27BrN2O3S. The van der Waals surface area contributed by atoms with E-state index in [1.807, 2.05) is 42.5 Å². The summed E-state index contributed by atoms with van der Waals surface area (Å²) in [5.41, 5.74) is 4.39. The maximum absolute atomic E-state index is 14.4. The molecule has 1 saturated carbocycles. The van der Waals surface area contributed by atoms with Crippen molar-refractivity contribution in [1.82, 2.24) is 9.55 Å². The predicted octanol–water partition coefficient (Wildman–Crippen LogP) is 7.05. The van der Waals surface area contributed by atoms with Crippen molar-refractivity contribution in [2.24, 2.45) is 0 Å². The van der Waals surface area contributed by atoms with E-state index in [1.54, 1.807) is 10.8 Å². The van der Waals surface area contributed by atoms with Crippen LogP contribution in [0.5, 0.6) is 0 Å². The second-order valence-corrected chi connectivity index (χ2v) is 11.8. The van der Waals surface area contributed by atoms with Crippen LogP contribution in [-0.2, 0) is 18.4 Å². The van der Waals surface area contributed by atoms with Crippen molar-refractivity contribution in [3.63, 3.8) is 0 Å². The molecule has 37 heavy (non-hydrogen) atoms. The Morgan fingerprint density at radius 3 is 2.57 bits per heavy atom. The third-order valence-electron chi connectivity index (χ3n) is 7.67. The van der Waals surface area contributed by atoms with Gasteiger partial charge in [0.05, 0.1) is 29.8 Å². The molecule has 0 saturated heterocycles. The van der Waals surface area contributed by atoms with Crippen molar-refractivity contribution in [3.8, 4) is 11.3 Å². The van der Waals surface area contributed by atoms with E-state index in [-0.39, 0.29) is 22.5 Å². The van der Waals surface area contributed by atoms with Crippen LogP contribution in [0.2, 0.25) is 0 Å². The van der Waals surface area contributed by atoms with Crippen LogP contribution in [0.3, 0.4) is 0 Å². The first-order chi connectivity index (χ1) is 18.0. The Labute approximate surface area is 228 Å². The molecule has 0 unspecified atom stereocenters. The molecule has 6 rings (SSSR count). The van der Waals surface area contributed by atoms with E-state index in [2.05, 4.69) is 34.1 Å². The van der Waals surface area contributed by atoms with Gasteiger partial charge in [-0.15, -0.1) is 0 Å². The fourth-order valence-electron chi connectivity index (χ4n) is 5.88. The van der Waals surface area contributed by atoms with Gasteiger partial charge in [0.15, 0.2) is 10.9 Å². The first-order valence-corrected chi connectivity index (χ1v) is 14.5. The van der Waals surface area contributed by atoms with Crippen LogP contribution in [0, 0.1) is 0 Å². The molecule has 0 atom stereocenters. The van der Waals surface area contributed by atoms with Crippen LogP contribution in [-0.4, -0.2) is 21.1 Å². The number of carbonyl (C=O) groups is 1. The van der Waals surface area contributed by atoms with Crippen molar-refractivity contribution in [3.05, 3.63) is 104 Å². The highest BCUT2D eigenvalue weighted by molar-refractivity contribution is 9.10. The van der Waals surface area contributed by atoms with Gasteiger partial charge >= 0.3 is 0 Å². The van der Waals surface area contributed by atoms with Gasteiger partial charge in [0.25, 0.3) is 5.56 Å². The molecule has 2 heterocycles. The zero-order chi connectivity index (χ0) is 25.4. The number of thioether (sulfide) groups is 1. The standard InChI is InChI=1S/C30H27BrN2O3S/c31-22-12-10-20(11-13-22)25(34)19-37-29-32-27-24-9-3-2-7-21(24)17-30(14-4-1-5-15-30)26(27)28(35)33(29)18-23-8-6-16-36-23/h2-3,6-13,16H,1,4-5,14-15,17-19H2. The molecule has 0 bridgehead atoms. The first kappa shape index (κ1) is 24.4. The van der Waals surface area contributed by atoms with Gasteiger partial charge in [0.2, 0.25) is 0 Å². The molecule has 1 fully saturated rings. The van der Waals surface area contributed by atoms with Crippen molar-refractivity contribution in [1.29, 1.82) is 0 Å². The third kappa shape index (κ3) is 4.64. The minimum atomic E-state index is -0.187. The van der Waals surface area contributed by atoms with E-state index < -0.39 is 0 Å². The predicted molar refractivity (Wildman–Crippen MR) is 149 cm³/mol. The van der Waals surface area contributed by atoms with Crippen LogP contribution >= 0.6 is 27.7 Å². The number of carbonyl (C=O) groups excluding carboxylic acids is 1. The highest BCUT2D eigenvalue weighted by atomic mass is 79.9. The number of halogens is 1. The fourth-order valence-corrected chi connectivity index (χ4v) is 7.03. The van der Waals surface area contributed by atoms with E-state index >= 15 is 0 Å². The molecular weight excluding hydrogens is 548 g/mol. The van der Waals surface area contributed by atoms with Gasteiger partial charge in [-0.1, -0.05) is 83.4 Å². The summed E-state index contributed by atoms with van der Waals surface area (Å²) in [7, 11) is 0. The highest BCUT2D eigenvalue weighted by Gasteiger charge is 2.43. The van der Waals surface area contributed by atoms with Gasteiger partial charge in [-0.2, -0.15) is 0 Å². The molecule has 2 aromatic heterocycles. The minimum absolute atomic E-state index is 0.00170. The molecule has 2 aliphatic rings. The van der Waals surface area contributed by atoms with Crippen molar-refractivity contribution in [2.45, 2.75) is 55.6 Å². The maximum atomic E-state index is 14.4. The second kappa shape index (κ2) is 10.1. The van der Waals surface area contributed by atoms with Gasteiger partial charge in [-0.3, -0.25) is 14.2 Å². The number of benzene rings is 2. The number of nitrogens with zero attached hydrogens (tertiary/aromatic N) is 2. The molecule has 188 valence electrons. The summed E-state index contributed by atoms with van der Waals surface area (Å²) in [6, 6.07) is 19.4. The lowest BCUT2D eigenvalue weighted by atomic mass is 9.62. The molecule has 4 aromatic rings. The van der Waals surface area contributed by atoms with Gasteiger partial charge in [-0.05, 0) is 49.1 Å². The largest absolute Gasteiger partial charge is 0.467 e. The summed E-state index contributed by atoms with van der Waals surface area (Å²) in [6.45, 7) is 0.290. The number of hydrogen-bond acceptors (Lipinski definition) is 5. The van der Waals surface area contributed by atoms with Gasteiger partial charge < -0.3 is 4.42 Å². The number of ketones is 1. The average molecular weight is 576 g/mol. The number of Topliss-reactive ketones (excluding diaryl/α,β-unsaturated/α-hetero) is 1. The third-order valence-corrected chi connectivity index (χ3v) is 9.17. The Morgan fingerprint density at radius 1 is 1.03 bits per heavy atom. The Morgan fingerprint density at radius 2 is 1.81 bits per heavy atom. The zero-order valence-corrected chi connectivity index (χ0v) is 22.8. The summed E-state index contributed by atoms with van der Waals surface area (Å²) >= 11 is 4.74. The summed E-state index contributed by atoms with van der Waals surface area (Å²) < 4.78 is 8.27. The van der Waals surface area contributed by atoms with Crippen LogP contribution in [0.25, 0.3) is 11.3 Å². The van der Waals surface area contributed by atoms with Crippen LogP contribution < -0.4 is 5.56 Å². The first-order valence-electron chi connectivity index (χ1n) is 12.7. The monoisotopic (exact) mass is 574 g/mol. The van der Waals surface area contributed by atoms with Gasteiger partial charge in [-0.25, -0.2) is 4.98 Å². The second-order valence-electron chi connectivity index (χ2n) is 9.98. The van der Waals surface area contributed by atoms with Crippen LogP contribution in [0.4, 0.5) is 0 Å². The number of fused-ring (bicyclic) bond motifs is 4. The number of hydrogen-bond donors (Lipinski definition) is 0. The molecule has 7 heteroatoms. The van der Waals surface area contributed by atoms with E-state index in [4.69, 9.17) is 9.40 Å². The average Bonchev–Trinajstić information content (AvgIpc) is 3.43. The number of aromatic nitrogens is 2. The lowest BCUT2D eigenvalue weighted by molar-refractivity contribution is 0.102. The van der Waals surface area contributed by atoms with E-state index in [0.717, 1.165) is 53.4 Å². The molecule has 2 aromatic carbocycles. The molecule has 0 aliphatic heterocycles. The summed E-state index contributed by atoms with van der Waals surface area (Å²) in [6.07, 6.45) is 7.95. The lowest BCUT2D eigenvalue weighted by Gasteiger charge is -2.42. The molecule has 1 spiro atoms. The smallest absolute Gasteiger partial charge is 0.258 e. The van der Waals surface area contributed by atoms with E-state index in [0.29, 0.717) is 23.0 Å². The van der Waals surface area contributed by atoms with Crippen molar-refractivity contribution < 1.29 is 9.21 Å². The Balaban J connectivity index is 1.47. The molecule has 0 amide bonds. The summed E-state index contributed by atoms with van der Waals surface area (Å²) in [5, 5.41) is 0.549. The molecule has 2 aliphatic carbocycles. The number of rotatable bonds is 6.